The molecule has 0 atom stereocenters. The Balaban J connectivity index is 1.83. The predicted molar refractivity (Wildman–Crippen MR) is 68.8 cm³/mol. The maximum atomic E-state index is 5.83. The molecule has 0 bridgehead atoms. The van der Waals surface area contributed by atoms with Crippen LogP contribution in [0.1, 0.15) is 17.7 Å². The molecule has 17 heavy (non-hydrogen) atoms. The van der Waals surface area contributed by atoms with Crippen molar-refractivity contribution >= 4 is 23.2 Å². The van der Waals surface area contributed by atoms with Gasteiger partial charge < -0.3 is 5.32 Å². The quantitative estimate of drug-likeness (QED) is 0.882. The number of benzene rings is 1. The van der Waals surface area contributed by atoms with Crippen molar-refractivity contribution < 1.29 is 0 Å². The minimum atomic E-state index is 0.660. The van der Waals surface area contributed by atoms with Crippen molar-refractivity contribution in [2.45, 2.75) is 19.3 Å². The average Bonchev–Trinajstić information content (AvgIpc) is 2.79. The molecule has 4 heteroatoms. The standard InChI is InChI=1S/C13H12ClN3/c14-10-4-6-11(7-5-10)16-13-15-8-9-2-1-3-12(9)17-13/h4-8H,1-3H2,(H,15,16,17). The second-order valence-corrected chi connectivity index (χ2v) is 4.59. The summed E-state index contributed by atoms with van der Waals surface area (Å²) in [7, 11) is 0. The summed E-state index contributed by atoms with van der Waals surface area (Å²) in [6.45, 7) is 0. The van der Waals surface area contributed by atoms with Gasteiger partial charge in [0.25, 0.3) is 0 Å². The third-order valence-corrected chi connectivity index (χ3v) is 3.17. The van der Waals surface area contributed by atoms with E-state index in [0.29, 0.717) is 5.95 Å². The normalized spacial score (nSPS) is 13.5. The van der Waals surface area contributed by atoms with E-state index < -0.39 is 0 Å². The molecule has 3 nitrogen and oxygen atoms in total. The van der Waals surface area contributed by atoms with Gasteiger partial charge in [0.15, 0.2) is 0 Å². The third kappa shape index (κ3) is 2.24. The van der Waals surface area contributed by atoms with Crippen molar-refractivity contribution in [3.8, 4) is 0 Å². The highest BCUT2D eigenvalue weighted by Gasteiger charge is 2.13. The van der Waals surface area contributed by atoms with Crippen LogP contribution in [0, 0.1) is 0 Å². The molecule has 1 aromatic carbocycles. The number of nitrogens with one attached hydrogen (secondary N) is 1. The molecule has 0 radical (unpaired) electrons. The van der Waals surface area contributed by atoms with E-state index in [9.17, 15) is 0 Å². The summed E-state index contributed by atoms with van der Waals surface area (Å²) in [5.74, 6) is 0.660. The highest BCUT2D eigenvalue weighted by molar-refractivity contribution is 6.30. The lowest BCUT2D eigenvalue weighted by Gasteiger charge is -2.06. The molecule has 1 aliphatic rings. The van der Waals surface area contributed by atoms with Crippen LogP contribution in [-0.2, 0) is 12.8 Å². The van der Waals surface area contributed by atoms with Crippen molar-refractivity contribution in [3.63, 3.8) is 0 Å². The molecule has 0 unspecified atom stereocenters. The Morgan fingerprint density at radius 3 is 2.76 bits per heavy atom. The van der Waals surface area contributed by atoms with Crippen LogP contribution in [-0.4, -0.2) is 9.97 Å². The van der Waals surface area contributed by atoms with Gasteiger partial charge in [0.05, 0.1) is 0 Å². The van der Waals surface area contributed by atoms with Crippen LogP contribution < -0.4 is 5.32 Å². The van der Waals surface area contributed by atoms with E-state index in [1.54, 1.807) is 0 Å². The molecule has 0 saturated heterocycles. The lowest BCUT2D eigenvalue weighted by Crippen LogP contribution is -1.99. The number of rotatable bonds is 2. The van der Waals surface area contributed by atoms with Gasteiger partial charge in [0.2, 0.25) is 5.95 Å². The molecule has 3 rings (SSSR count). The van der Waals surface area contributed by atoms with E-state index in [1.807, 2.05) is 30.5 Å². The fourth-order valence-electron chi connectivity index (χ4n) is 2.04. The van der Waals surface area contributed by atoms with E-state index in [2.05, 4.69) is 15.3 Å². The molecule has 0 aliphatic heterocycles. The van der Waals surface area contributed by atoms with Crippen LogP contribution in [0.15, 0.2) is 30.5 Å². The highest BCUT2D eigenvalue weighted by Crippen LogP contribution is 2.22. The number of aromatic nitrogens is 2. The number of hydrogen-bond acceptors (Lipinski definition) is 3. The van der Waals surface area contributed by atoms with Crippen LogP contribution in [0.25, 0.3) is 0 Å². The first-order valence-electron chi connectivity index (χ1n) is 5.69. The van der Waals surface area contributed by atoms with Gasteiger partial charge >= 0.3 is 0 Å². The SMILES string of the molecule is Clc1ccc(Nc2ncc3c(n2)CCC3)cc1. The second-order valence-electron chi connectivity index (χ2n) is 4.15. The summed E-state index contributed by atoms with van der Waals surface area (Å²) in [6, 6.07) is 7.52. The van der Waals surface area contributed by atoms with Crippen LogP contribution >= 0.6 is 11.6 Å². The number of fused-ring (bicyclic) bond motifs is 1. The monoisotopic (exact) mass is 245 g/mol. The summed E-state index contributed by atoms with van der Waals surface area (Å²) in [4.78, 5) is 8.83. The van der Waals surface area contributed by atoms with Crippen molar-refractivity contribution in [3.05, 3.63) is 46.7 Å². The first-order chi connectivity index (χ1) is 8.31. The average molecular weight is 246 g/mol. The Morgan fingerprint density at radius 2 is 1.94 bits per heavy atom. The van der Waals surface area contributed by atoms with Crippen LogP contribution in [0.5, 0.6) is 0 Å². The zero-order chi connectivity index (χ0) is 11.7. The minimum absolute atomic E-state index is 0.660. The number of aryl methyl sites for hydroxylation is 2. The smallest absolute Gasteiger partial charge is 0.227 e. The maximum absolute atomic E-state index is 5.83. The topological polar surface area (TPSA) is 37.8 Å². The van der Waals surface area contributed by atoms with Gasteiger partial charge in [-0.05, 0) is 49.1 Å². The van der Waals surface area contributed by atoms with Crippen LogP contribution in [0.4, 0.5) is 11.6 Å². The van der Waals surface area contributed by atoms with Gasteiger partial charge in [0.1, 0.15) is 0 Å². The van der Waals surface area contributed by atoms with E-state index >= 15 is 0 Å². The second kappa shape index (κ2) is 4.34. The predicted octanol–water partition coefficient (Wildman–Crippen LogP) is 3.36. The highest BCUT2D eigenvalue weighted by atomic mass is 35.5. The molecule has 0 amide bonds. The Hall–Kier alpha value is -1.61. The molecule has 1 aromatic heterocycles. The number of nitrogens with zero attached hydrogens (tertiary/aromatic N) is 2. The van der Waals surface area contributed by atoms with Crippen molar-refractivity contribution in [2.24, 2.45) is 0 Å². The van der Waals surface area contributed by atoms with Crippen molar-refractivity contribution in [1.29, 1.82) is 0 Å². The summed E-state index contributed by atoms with van der Waals surface area (Å²) in [5.41, 5.74) is 3.41. The Kier molecular flexibility index (Phi) is 2.69. The number of hydrogen-bond donors (Lipinski definition) is 1. The van der Waals surface area contributed by atoms with Gasteiger partial charge in [-0.15, -0.1) is 0 Å². The summed E-state index contributed by atoms with van der Waals surface area (Å²) < 4.78 is 0. The van der Waals surface area contributed by atoms with Gasteiger partial charge in [-0.2, -0.15) is 0 Å². The fourth-order valence-corrected chi connectivity index (χ4v) is 2.16. The molecule has 1 N–H and O–H groups in total. The van der Waals surface area contributed by atoms with Gasteiger partial charge in [-0.3, -0.25) is 0 Å². The zero-order valence-corrected chi connectivity index (χ0v) is 10.0. The first kappa shape index (κ1) is 10.5. The molecular formula is C13H12ClN3. The maximum Gasteiger partial charge on any atom is 0.227 e. The lowest BCUT2D eigenvalue weighted by molar-refractivity contribution is 0.900. The molecule has 86 valence electrons. The van der Waals surface area contributed by atoms with E-state index in [0.717, 1.165) is 23.6 Å². The first-order valence-corrected chi connectivity index (χ1v) is 6.06. The van der Waals surface area contributed by atoms with Crippen LogP contribution in [0.2, 0.25) is 5.02 Å². The third-order valence-electron chi connectivity index (χ3n) is 2.91. The van der Waals surface area contributed by atoms with E-state index in [1.165, 1.54) is 17.7 Å². The summed E-state index contributed by atoms with van der Waals surface area (Å²) >= 11 is 5.83. The summed E-state index contributed by atoms with van der Waals surface area (Å²) in [5, 5.41) is 3.91. The Morgan fingerprint density at radius 1 is 1.12 bits per heavy atom. The molecule has 0 saturated carbocycles. The lowest BCUT2D eigenvalue weighted by atomic mass is 10.3. The zero-order valence-electron chi connectivity index (χ0n) is 9.28. The van der Waals surface area contributed by atoms with Crippen molar-refractivity contribution in [2.75, 3.05) is 5.32 Å². The Bertz CT molecular complexity index is 537. The molecule has 2 aromatic rings. The van der Waals surface area contributed by atoms with E-state index in [-0.39, 0.29) is 0 Å². The van der Waals surface area contributed by atoms with Gasteiger partial charge in [0, 0.05) is 22.6 Å². The van der Waals surface area contributed by atoms with Crippen LogP contribution in [0.3, 0.4) is 0 Å². The van der Waals surface area contributed by atoms with Gasteiger partial charge in [-0.25, -0.2) is 9.97 Å². The molecule has 0 spiro atoms. The fraction of sp³-hybridized carbons (Fsp3) is 0.231. The molecule has 1 heterocycles. The minimum Gasteiger partial charge on any atom is -0.324 e. The largest absolute Gasteiger partial charge is 0.324 e. The van der Waals surface area contributed by atoms with Crippen molar-refractivity contribution in [1.82, 2.24) is 9.97 Å². The van der Waals surface area contributed by atoms with Gasteiger partial charge in [-0.1, -0.05) is 11.6 Å². The number of halogens is 1. The van der Waals surface area contributed by atoms with E-state index in [4.69, 9.17) is 11.6 Å². The molecule has 0 fully saturated rings. The summed E-state index contributed by atoms with van der Waals surface area (Å²) in [6.07, 6.45) is 5.28. The number of anilines is 2. The molecule has 1 aliphatic carbocycles. The molecular weight excluding hydrogens is 234 g/mol. The Labute approximate surface area is 105 Å².